The van der Waals surface area contributed by atoms with E-state index in [1.54, 1.807) is 0 Å². The van der Waals surface area contributed by atoms with Crippen molar-refractivity contribution in [2.24, 2.45) is 11.8 Å². The van der Waals surface area contributed by atoms with Gasteiger partial charge in [-0.1, -0.05) is 6.92 Å². The highest BCUT2D eigenvalue weighted by Crippen LogP contribution is 2.11. The smallest absolute Gasteiger partial charge is 0.237 e. The number of carbonyl (C=O) groups excluding carboxylic acids is 1. The SMILES string of the molecule is CC(CN1CCCN(C)CC1C)C(=O)NN. The summed E-state index contributed by atoms with van der Waals surface area (Å²) in [4.78, 5) is 16.1. The van der Waals surface area contributed by atoms with Crippen LogP contribution >= 0.6 is 0 Å². The Morgan fingerprint density at radius 1 is 1.56 bits per heavy atom. The van der Waals surface area contributed by atoms with Gasteiger partial charge in [0.1, 0.15) is 0 Å². The Morgan fingerprint density at radius 3 is 2.88 bits per heavy atom. The molecule has 94 valence electrons. The molecule has 0 radical (unpaired) electrons. The van der Waals surface area contributed by atoms with Gasteiger partial charge in [-0.15, -0.1) is 0 Å². The van der Waals surface area contributed by atoms with Crippen molar-refractivity contribution in [3.05, 3.63) is 0 Å². The van der Waals surface area contributed by atoms with Crippen molar-refractivity contribution < 1.29 is 4.79 Å². The van der Waals surface area contributed by atoms with Crippen LogP contribution in [0.15, 0.2) is 0 Å². The molecule has 2 unspecified atom stereocenters. The molecule has 5 heteroatoms. The fourth-order valence-electron chi connectivity index (χ4n) is 2.27. The van der Waals surface area contributed by atoms with Gasteiger partial charge in [-0.3, -0.25) is 15.1 Å². The Labute approximate surface area is 97.9 Å². The highest BCUT2D eigenvalue weighted by molar-refractivity contribution is 5.77. The molecule has 1 aliphatic heterocycles. The van der Waals surface area contributed by atoms with E-state index in [0.29, 0.717) is 6.04 Å². The van der Waals surface area contributed by atoms with Gasteiger partial charge in [-0.25, -0.2) is 5.84 Å². The van der Waals surface area contributed by atoms with Gasteiger partial charge < -0.3 is 4.90 Å². The van der Waals surface area contributed by atoms with Crippen molar-refractivity contribution in [3.8, 4) is 0 Å². The van der Waals surface area contributed by atoms with Crippen LogP contribution in [-0.4, -0.2) is 55.0 Å². The van der Waals surface area contributed by atoms with Gasteiger partial charge in [0.05, 0.1) is 0 Å². The summed E-state index contributed by atoms with van der Waals surface area (Å²) >= 11 is 0. The monoisotopic (exact) mass is 228 g/mol. The summed E-state index contributed by atoms with van der Waals surface area (Å²) in [5.74, 6) is 5.01. The number of amides is 1. The van der Waals surface area contributed by atoms with Gasteiger partial charge >= 0.3 is 0 Å². The summed E-state index contributed by atoms with van der Waals surface area (Å²) in [5.41, 5.74) is 2.22. The molecule has 1 aliphatic rings. The van der Waals surface area contributed by atoms with Crippen LogP contribution in [0.3, 0.4) is 0 Å². The zero-order chi connectivity index (χ0) is 12.1. The van der Waals surface area contributed by atoms with E-state index in [9.17, 15) is 4.79 Å². The molecular formula is C11H24N4O. The summed E-state index contributed by atoms with van der Waals surface area (Å²) in [7, 11) is 2.15. The van der Waals surface area contributed by atoms with E-state index in [4.69, 9.17) is 5.84 Å². The average Bonchev–Trinajstić information content (AvgIpc) is 2.39. The van der Waals surface area contributed by atoms with Crippen molar-refractivity contribution in [3.63, 3.8) is 0 Å². The molecule has 5 nitrogen and oxygen atoms in total. The predicted octanol–water partition coefficient (Wildman–Crippen LogP) is -0.362. The molecule has 1 heterocycles. The van der Waals surface area contributed by atoms with Crippen LogP contribution in [0.25, 0.3) is 0 Å². The maximum absolute atomic E-state index is 11.4. The van der Waals surface area contributed by atoms with E-state index >= 15 is 0 Å². The molecule has 0 aromatic heterocycles. The maximum atomic E-state index is 11.4. The van der Waals surface area contributed by atoms with Crippen LogP contribution in [0, 0.1) is 5.92 Å². The molecule has 3 N–H and O–H groups in total. The Kier molecular flexibility index (Phi) is 5.18. The number of hydrogen-bond acceptors (Lipinski definition) is 4. The molecule has 0 aliphatic carbocycles. The van der Waals surface area contributed by atoms with E-state index in [1.165, 1.54) is 0 Å². The predicted molar refractivity (Wildman–Crippen MR) is 64.6 cm³/mol. The second-order valence-corrected chi connectivity index (χ2v) is 4.87. The van der Waals surface area contributed by atoms with Crippen LogP contribution in [0.5, 0.6) is 0 Å². The van der Waals surface area contributed by atoms with Crippen LogP contribution in [0.2, 0.25) is 0 Å². The minimum atomic E-state index is -0.0789. The Bertz CT molecular complexity index is 234. The largest absolute Gasteiger partial charge is 0.305 e. The first kappa shape index (κ1) is 13.4. The fourth-order valence-corrected chi connectivity index (χ4v) is 2.27. The summed E-state index contributed by atoms with van der Waals surface area (Å²) in [5, 5.41) is 0. The van der Waals surface area contributed by atoms with Crippen LogP contribution in [0.1, 0.15) is 20.3 Å². The maximum Gasteiger partial charge on any atom is 0.237 e. The van der Waals surface area contributed by atoms with Gasteiger partial charge in [-0.2, -0.15) is 0 Å². The number of carbonyl (C=O) groups is 1. The molecule has 0 aromatic carbocycles. The first-order chi connectivity index (χ1) is 7.54. The molecule has 16 heavy (non-hydrogen) atoms. The first-order valence-corrected chi connectivity index (χ1v) is 5.97. The zero-order valence-electron chi connectivity index (χ0n) is 10.6. The quantitative estimate of drug-likeness (QED) is 0.393. The fraction of sp³-hybridized carbons (Fsp3) is 0.909. The molecule has 1 amide bonds. The lowest BCUT2D eigenvalue weighted by Gasteiger charge is -2.29. The van der Waals surface area contributed by atoms with Crippen molar-refractivity contribution in [2.75, 3.05) is 33.2 Å². The summed E-state index contributed by atoms with van der Waals surface area (Å²) < 4.78 is 0. The van der Waals surface area contributed by atoms with Gasteiger partial charge in [0, 0.05) is 25.0 Å². The second kappa shape index (κ2) is 6.18. The molecule has 1 saturated heterocycles. The van der Waals surface area contributed by atoms with Crippen LogP contribution < -0.4 is 11.3 Å². The van der Waals surface area contributed by atoms with E-state index in [2.05, 4.69) is 29.2 Å². The third-order valence-corrected chi connectivity index (χ3v) is 3.28. The molecule has 2 atom stereocenters. The van der Waals surface area contributed by atoms with Crippen LogP contribution in [-0.2, 0) is 4.79 Å². The van der Waals surface area contributed by atoms with E-state index < -0.39 is 0 Å². The minimum Gasteiger partial charge on any atom is -0.305 e. The lowest BCUT2D eigenvalue weighted by molar-refractivity contribution is -0.125. The minimum absolute atomic E-state index is 0.0455. The molecule has 1 fully saturated rings. The summed E-state index contributed by atoms with van der Waals surface area (Å²) in [6, 6.07) is 0.500. The number of hydrogen-bond donors (Lipinski definition) is 2. The van der Waals surface area contributed by atoms with Gasteiger partial charge in [0.2, 0.25) is 5.91 Å². The Balaban J connectivity index is 2.48. The second-order valence-electron chi connectivity index (χ2n) is 4.87. The summed E-state index contributed by atoms with van der Waals surface area (Å²) in [6.45, 7) is 8.19. The number of likely N-dealkylation sites (N-methyl/N-ethyl adjacent to an activating group) is 1. The highest BCUT2D eigenvalue weighted by Gasteiger charge is 2.23. The Hall–Kier alpha value is -0.650. The number of nitrogens with one attached hydrogen (secondary N) is 1. The number of rotatable bonds is 3. The number of hydrazine groups is 1. The normalized spacial score (nSPS) is 26.1. The Morgan fingerprint density at radius 2 is 2.25 bits per heavy atom. The third kappa shape index (κ3) is 3.73. The lowest BCUT2D eigenvalue weighted by Crippen LogP contribution is -2.44. The topological polar surface area (TPSA) is 61.6 Å². The third-order valence-electron chi connectivity index (χ3n) is 3.28. The van der Waals surface area contributed by atoms with E-state index in [-0.39, 0.29) is 11.8 Å². The van der Waals surface area contributed by atoms with Crippen LogP contribution in [0.4, 0.5) is 0 Å². The van der Waals surface area contributed by atoms with E-state index in [0.717, 1.165) is 32.6 Å². The molecular weight excluding hydrogens is 204 g/mol. The van der Waals surface area contributed by atoms with Crippen molar-refractivity contribution >= 4 is 5.91 Å². The van der Waals surface area contributed by atoms with E-state index in [1.807, 2.05) is 6.92 Å². The first-order valence-electron chi connectivity index (χ1n) is 5.97. The molecule has 1 rings (SSSR count). The average molecular weight is 228 g/mol. The highest BCUT2D eigenvalue weighted by atomic mass is 16.2. The molecule has 0 aromatic rings. The van der Waals surface area contributed by atoms with Crippen molar-refractivity contribution in [1.29, 1.82) is 0 Å². The van der Waals surface area contributed by atoms with Crippen molar-refractivity contribution in [1.82, 2.24) is 15.2 Å². The van der Waals surface area contributed by atoms with Crippen molar-refractivity contribution in [2.45, 2.75) is 26.3 Å². The molecule has 0 bridgehead atoms. The van der Waals surface area contributed by atoms with Gasteiger partial charge in [-0.05, 0) is 33.5 Å². The summed E-state index contributed by atoms with van der Waals surface area (Å²) in [6.07, 6.45) is 1.16. The van der Waals surface area contributed by atoms with Gasteiger partial charge in [0.15, 0.2) is 0 Å². The molecule has 0 spiro atoms. The lowest BCUT2D eigenvalue weighted by atomic mass is 10.1. The molecule has 0 saturated carbocycles. The standard InChI is InChI=1S/C11H24N4O/c1-9(11(16)13-12)7-15-6-4-5-14(3)8-10(15)2/h9-10H,4-8,12H2,1-3H3,(H,13,16). The number of nitrogens with zero attached hydrogens (tertiary/aromatic N) is 2. The zero-order valence-corrected chi connectivity index (χ0v) is 10.6. The number of nitrogens with two attached hydrogens (primary N) is 1. The van der Waals surface area contributed by atoms with Gasteiger partial charge in [0.25, 0.3) is 0 Å².